The Kier molecular flexibility index (Phi) is 5.86. The number of rotatable bonds is 8. The molecule has 0 radical (unpaired) electrons. The Bertz CT molecular complexity index is 415. The summed E-state index contributed by atoms with van der Waals surface area (Å²) >= 11 is 0. The molecular weight excluding hydrogens is 248 g/mol. The van der Waals surface area contributed by atoms with E-state index in [0.29, 0.717) is 6.04 Å². The molecule has 2 rings (SSSR count). The molecule has 112 valence electrons. The van der Waals surface area contributed by atoms with E-state index in [1.54, 1.807) is 0 Å². The Morgan fingerprint density at radius 3 is 2.75 bits per heavy atom. The molecule has 0 bridgehead atoms. The Labute approximate surface area is 123 Å². The molecule has 1 N–H and O–H groups in total. The maximum Gasteiger partial charge on any atom is 0.122 e. The summed E-state index contributed by atoms with van der Waals surface area (Å²) in [6, 6.07) is 7.14. The van der Waals surface area contributed by atoms with Gasteiger partial charge in [0.2, 0.25) is 0 Å². The van der Waals surface area contributed by atoms with Crippen LogP contribution in [-0.4, -0.2) is 37.7 Å². The van der Waals surface area contributed by atoms with Crippen molar-refractivity contribution in [1.29, 1.82) is 0 Å². The summed E-state index contributed by atoms with van der Waals surface area (Å²) in [5.41, 5.74) is 2.77. The molecule has 1 heterocycles. The predicted molar refractivity (Wildman–Crippen MR) is 84.5 cm³/mol. The molecule has 3 heteroatoms. The van der Waals surface area contributed by atoms with Crippen LogP contribution in [0.15, 0.2) is 18.2 Å². The van der Waals surface area contributed by atoms with Crippen molar-refractivity contribution in [2.24, 2.45) is 0 Å². The number of hydrogen-bond donors (Lipinski definition) is 1. The average Bonchev–Trinajstić information content (AvgIpc) is 2.94. The maximum atomic E-state index is 5.60. The molecule has 0 amide bonds. The fourth-order valence-electron chi connectivity index (χ4n) is 2.91. The van der Waals surface area contributed by atoms with Gasteiger partial charge in [-0.1, -0.05) is 32.9 Å². The molecular formula is C17H28N2O. The highest BCUT2D eigenvalue weighted by atomic mass is 16.5. The van der Waals surface area contributed by atoms with E-state index < -0.39 is 0 Å². The smallest absolute Gasteiger partial charge is 0.122 e. The van der Waals surface area contributed by atoms with Crippen LogP contribution in [0.1, 0.15) is 44.4 Å². The van der Waals surface area contributed by atoms with E-state index in [9.17, 15) is 0 Å². The van der Waals surface area contributed by atoms with Gasteiger partial charge in [-0.15, -0.1) is 0 Å². The van der Waals surface area contributed by atoms with Crippen LogP contribution in [0.5, 0.6) is 5.75 Å². The van der Waals surface area contributed by atoms with E-state index in [4.69, 9.17) is 4.74 Å². The first-order chi connectivity index (χ1) is 9.78. The van der Waals surface area contributed by atoms with Crippen molar-refractivity contribution in [2.75, 3.05) is 32.8 Å². The fraction of sp³-hybridized carbons (Fsp3) is 0.647. The number of nitrogens with one attached hydrogen (secondary N) is 1. The van der Waals surface area contributed by atoms with Gasteiger partial charge in [-0.05, 0) is 49.8 Å². The molecule has 1 unspecified atom stereocenters. The van der Waals surface area contributed by atoms with Crippen molar-refractivity contribution in [1.82, 2.24) is 10.2 Å². The summed E-state index contributed by atoms with van der Waals surface area (Å²) in [6.45, 7) is 11.9. The normalized spacial score (nSPS) is 15.2. The van der Waals surface area contributed by atoms with Gasteiger partial charge in [0.15, 0.2) is 0 Å². The first kappa shape index (κ1) is 15.3. The Hall–Kier alpha value is -1.06. The molecule has 0 aromatic heterocycles. The van der Waals surface area contributed by atoms with Crippen LogP contribution in [0.3, 0.4) is 0 Å². The minimum atomic E-state index is 0.450. The van der Waals surface area contributed by atoms with Gasteiger partial charge in [0.1, 0.15) is 5.75 Å². The molecule has 1 aromatic rings. The first-order valence-electron chi connectivity index (χ1n) is 7.99. The van der Waals surface area contributed by atoms with E-state index in [1.165, 1.54) is 11.1 Å². The van der Waals surface area contributed by atoms with Crippen molar-refractivity contribution in [3.63, 3.8) is 0 Å². The first-order valence-corrected chi connectivity index (χ1v) is 7.99. The van der Waals surface area contributed by atoms with Crippen LogP contribution < -0.4 is 10.1 Å². The second kappa shape index (κ2) is 7.65. The summed E-state index contributed by atoms with van der Waals surface area (Å²) in [6.07, 6.45) is 2.22. The van der Waals surface area contributed by atoms with Crippen molar-refractivity contribution in [3.8, 4) is 5.75 Å². The van der Waals surface area contributed by atoms with Gasteiger partial charge in [0.25, 0.3) is 0 Å². The third-order valence-electron chi connectivity index (χ3n) is 4.19. The third-order valence-corrected chi connectivity index (χ3v) is 4.19. The third kappa shape index (κ3) is 3.74. The molecule has 0 spiro atoms. The van der Waals surface area contributed by atoms with Crippen molar-refractivity contribution in [2.45, 2.75) is 39.7 Å². The van der Waals surface area contributed by atoms with Crippen LogP contribution >= 0.6 is 0 Å². The summed E-state index contributed by atoms with van der Waals surface area (Å²) in [7, 11) is 0. The second-order valence-electron chi connectivity index (χ2n) is 5.39. The highest BCUT2D eigenvalue weighted by Crippen LogP contribution is 2.29. The quantitative estimate of drug-likeness (QED) is 0.790. The lowest BCUT2D eigenvalue weighted by molar-refractivity contribution is 0.282. The number of nitrogens with zero attached hydrogens (tertiary/aromatic N) is 1. The van der Waals surface area contributed by atoms with Gasteiger partial charge in [0.05, 0.1) is 6.61 Å². The second-order valence-corrected chi connectivity index (χ2v) is 5.39. The molecule has 1 atom stereocenters. The predicted octanol–water partition coefficient (Wildman–Crippen LogP) is 3.00. The minimum Gasteiger partial charge on any atom is -0.493 e. The zero-order valence-electron chi connectivity index (χ0n) is 13.1. The lowest BCUT2D eigenvalue weighted by atomic mass is 10.00. The SMILES string of the molecule is CCNC(CCN(CC)CC)c1ccc2c(c1)CCO2. The van der Waals surface area contributed by atoms with Crippen molar-refractivity contribution >= 4 is 0 Å². The Morgan fingerprint density at radius 1 is 1.25 bits per heavy atom. The summed E-state index contributed by atoms with van der Waals surface area (Å²) < 4.78 is 5.60. The van der Waals surface area contributed by atoms with Gasteiger partial charge in [-0.2, -0.15) is 0 Å². The van der Waals surface area contributed by atoms with E-state index in [0.717, 1.165) is 51.4 Å². The minimum absolute atomic E-state index is 0.450. The topological polar surface area (TPSA) is 24.5 Å². The van der Waals surface area contributed by atoms with Crippen LogP contribution in [-0.2, 0) is 6.42 Å². The highest BCUT2D eigenvalue weighted by Gasteiger charge is 2.17. The molecule has 1 aliphatic rings. The van der Waals surface area contributed by atoms with Gasteiger partial charge >= 0.3 is 0 Å². The van der Waals surface area contributed by atoms with E-state index >= 15 is 0 Å². The number of ether oxygens (including phenoxy) is 1. The lowest BCUT2D eigenvalue weighted by Crippen LogP contribution is -2.29. The average molecular weight is 276 g/mol. The maximum absolute atomic E-state index is 5.60. The summed E-state index contributed by atoms with van der Waals surface area (Å²) in [5, 5.41) is 3.63. The number of fused-ring (bicyclic) bond motifs is 1. The molecule has 1 aromatic carbocycles. The largest absolute Gasteiger partial charge is 0.493 e. The van der Waals surface area contributed by atoms with Gasteiger partial charge in [-0.3, -0.25) is 0 Å². The summed E-state index contributed by atoms with van der Waals surface area (Å²) in [4.78, 5) is 2.49. The van der Waals surface area contributed by atoms with Crippen molar-refractivity contribution in [3.05, 3.63) is 29.3 Å². The van der Waals surface area contributed by atoms with Gasteiger partial charge in [-0.25, -0.2) is 0 Å². The number of benzene rings is 1. The fourth-order valence-corrected chi connectivity index (χ4v) is 2.91. The monoisotopic (exact) mass is 276 g/mol. The molecule has 3 nitrogen and oxygen atoms in total. The van der Waals surface area contributed by atoms with Gasteiger partial charge in [0, 0.05) is 12.5 Å². The van der Waals surface area contributed by atoms with E-state index in [1.807, 2.05) is 0 Å². The number of hydrogen-bond acceptors (Lipinski definition) is 3. The van der Waals surface area contributed by atoms with Crippen LogP contribution in [0, 0.1) is 0 Å². The zero-order valence-corrected chi connectivity index (χ0v) is 13.1. The van der Waals surface area contributed by atoms with Crippen LogP contribution in [0.4, 0.5) is 0 Å². The van der Waals surface area contributed by atoms with E-state index in [2.05, 4.69) is 49.2 Å². The van der Waals surface area contributed by atoms with E-state index in [-0.39, 0.29) is 0 Å². The van der Waals surface area contributed by atoms with Crippen LogP contribution in [0.2, 0.25) is 0 Å². The Balaban J connectivity index is 2.04. The molecule has 0 saturated heterocycles. The molecule has 1 aliphatic heterocycles. The summed E-state index contributed by atoms with van der Waals surface area (Å²) in [5.74, 6) is 1.08. The molecule has 0 fully saturated rings. The molecule has 0 aliphatic carbocycles. The van der Waals surface area contributed by atoms with Gasteiger partial charge < -0.3 is 15.0 Å². The lowest BCUT2D eigenvalue weighted by Gasteiger charge is -2.24. The molecule has 0 saturated carbocycles. The van der Waals surface area contributed by atoms with Crippen molar-refractivity contribution < 1.29 is 4.74 Å². The highest BCUT2D eigenvalue weighted by molar-refractivity contribution is 5.40. The zero-order chi connectivity index (χ0) is 14.4. The Morgan fingerprint density at radius 2 is 2.05 bits per heavy atom. The van der Waals surface area contributed by atoms with Crippen LogP contribution in [0.25, 0.3) is 0 Å². The standard InChI is InChI=1S/C17H28N2O/c1-4-18-16(9-11-19(5-2)6-3)14-7-8-17-15(13-14)10-12-20-17/h7-8,13,16,18H,4-6,9-12H2,1-3H3. The molecule has 20 heavy (non-hydrogen) atoms.